The van der Waals surface area contributed by atoms with Crippen LogP contribution < -0.4 is 0 Å². The SMILES string of the molecule is CC(C)(C)OC(=O)N(CC(=O)CCc1ccc(C(=O)O)cc1)C1CC1c1ccc(F)cc1. The van der Waals surface area contributed by atoms with Crippen molar-refractivity contribution in [1.29, 1.82) is 0 Å². The Hall–Kier alpha value is -3.22. The number of Topliss-reactive ketones (excluding diaryl/α,β-unsaturated/α-hetero) is 1. The van der Waals surface area contributed by atoms with Gasteiger partial charge in [0, 0.05) is 18.4 Å². The summed E-state index contributed by atoms with van der Waals surface area (Å²) in [4.78, 5) is 38.0. The average Bonchev–Trinajstić information content (AvgIpc) is 3.50. The lowest BCUT2D eigenvalue weighted by molar-refractivity contribution is -0.120. The summed E-state index contributed by atoms with van der Waals surface area (Å²) in [7, 11) is 0. The maximum atomic E-state index is 13.2. The lowest BCUT2D eigenvalue weighted by Crippen LogP contribution is -2.41. The molecule has 7 heteroatoms. The summed E-state index contributed by atoms with van der Waals surface area (Å²) >= 11 is 0. The van der Waals surface area contributed by atoms with Crippen LogP contribution in [0.25, 0.3) is 0 Å². The maximum Gasteiger partial charge on any atom is 0.410 e. The standard InChI is InChI=1S/C25H28FNO5/c1-25(2,3)32-24(31)27(22-14-21(22)17-9-11-19(26)12-10-17)15-20(28)13-6-16-4-7-18(8-5-16)23(29)30/h4-5,7-12,21-22H,6,13-15H2,1-3H3,(H,29,30). The van der Waals surface area contributed by atoms with Gasteiger partial charge < -0.3 is 9.84 Å². The number of carbonyl (C=O) groups is 3. The Bertz CT molecular complexity index is 979. The van der Waals surface area contributed by atoms with E-state index in [4.69, 9.17) is 9.84 Å². The topological polar surface area (TPSA) is 83.9 Å². The van der Waals surface area contributed by atoms with Gasteiger partial charge in [-0.15, -0.1) is 0 Å². The molecule has 0 aromatic heterocycles. The third kappa shape index (κ3) is 6.39. The molecule has 1 aliphatic carbocycles. The second kappa shape index (κ2) is 9.51. The second-order valence-electron chi connectivity index (χ2n) is 9.11. The molecular formula is C25H28FNO5. The van der Waals surface area contributed by atoms with Gasteiger partial charge in [0.05, 0.1) is 12.1 Å². The van der Waals surface area contributed by atoms with E-state index in [1.165, 1.54) is 29.2 Å². The van der Waals surface area contributed by atoms with Crippen LogP contribution in [0.4, 0.5) is 9.18 Å². The van der Waals surface area contributed by atoms with Gasteiger partial charge >= 0.3 is 12.1 Å². The number of hydrogen-bond acceptors (Lipinski definition) is 4. The van der Waals surface area contributed by atoms with Gasteiger partial charge in [-0.25, -0.2) is 14.0 Å². The van der Waals surface area contributed by atoms with Crippen LogP contribution in [0.15, 0.2) is 48.5 Å². The third-order valence-corrected chi connectivity index (χ3v) is 5.32. The van der Waals surface area contributed by atoms with E-state index in [1.807, 2.05) is 0 Å². The molecule has 0 bridgehead atoms. The number of carboxylic acid groups (broad SMARTS) is 1. The predicted molar refractivity (Wildman–Crippen MR) is 117 cm³/mol. The third-order valence-electron chi connectivity index (χ3n) is 5.32. The van der Waals surface area contributed by atoms with Crippen LogP contribution in [0.5, 0.6) is 0 Å². The van der Waals surface area contributed by atoms with Crippen LogP contribution in [0, 0.1) is 5.82 Å². The molecule has 3 rings (SSSR count). The predicted octanol–water partition coefficient (Wildman–Crippen LogP) is 4.82. The number of nitrogens with zero attached hydrogens (tertiary/aromatic N) is 1. The summed E-state index contributed by atoms with van der Waals surface area (Å²) in [6.07, 6.45) is 0.827. The highest BCUT2D eigenvalue weighted by Gasteiger charge is 2.46. The van der Waals surface area contributed by atoms with Crippen molar-refractivity contribution in [2.24, 2.45) is 0 Å². The molecule has 0 spiro atoms. The number of benzene rings is 2. The van der Waals surface area contributed by atoms with E-state index in [-0.39, 0.29) is 42.1 Å². The molecule has 6 nitrogen and oxygen atoms in total. The molecule has 1 aliphatic rings. The molecule has 2 unspecified atom stereocenters. The Balaban J connectivity index is 1.64. The smallest absolute Gasteiger partial charge is 0.410 e. The molecule has 0 saturated heterocycles. The molecule has 0 heterocycles. The summed E-state index contributed by atoms with van der Waals surface area (Å²) in [5, 5.41) is 8.98. The Kier molecular flexibility index (Phi) is 6.96. The Labute approximate surface area is 187 Å². The highest BCUT2D eigenvalue weighted by atomic mass is 19.1. The van der Waals surface area contributed by atoms with Crippen molar-refractivity contribution in [2.75, 3.05) is 6.54 Å². The minimum absolute atomic E-state index is 0.0412. The van der Waals surface area contributed by atoms with Crippen molar-refractivity contribution in [2.45, 2.75) is 57.6 Å². The number of ketones is 1. The molecular weight excluding hydrogens is 413 g/mol. The van der Waals surface area contributed by atoms with E-state index in [9.17, 15) is 18.8 Å². The van der Waals surface area contributed by atoms with Crippen molar-refractivity contribution < 1.29 is 28.6 Å². The van der Waals surface area contributed by atoms with E-state index in [1.54, 1.807) is 45.0 Å². The molecule has 0 aliphatic heterocycles. The lowest BCUT2D eigenvalue weighted by atomic mass is 10.1. The first-order valence-electron chi connectivity index (χ1n) is 10.6. The van der Waals surface area contributed by atoms with Crippen molar-refractivity contribution in [3.8, 4) is 0 Å². The molecule has 2 atom stereocenters. The first-order valence-corrected chi connectivity index (χ1v) is 10.6. The average molecular weight is 441 g/mol. The van der Waals surface area contributed by atoms with Crippen molar-refractivity contribution >= 4 is 17.8 Å². The second-order valence-corrected chi connectivity index (χ2v) is 9.11. The van der Waals surface area contributed by atoms with Gasteiger partial charge in [0.2, 0.25) is 0 Å². The number of aryl methyl sites for hydroxylation is 1. The van der Waals surface area contributed by atoms with Crippen LogP contribution in [0.1, 0.15) is 61.0 Å². The van der Waals surface area contributed by atoms with Crippen molar-refractivity contribution in [1.82, 2.24) is 4.90 Å². The fraction of sp³-hybridized carbons (Fsp3) is 0.400. The van der Waals surface area contributed by atoms with Gasteiger partial charge in [-0.1, -0.05) is 24.3 Å². The molecule has 32 heavy (non-hydrogen) atoms. The summed E-state index contributed by atoms with van der Waals surface area (Å²) in [5.74, 6) is -1.38. The van der Waals surface area contributed by atoms with Gasteiger partial charge in [0.1, 0.15) is 11.4 Å². The van der Waals surface area contributed by atoms with Crippen molar-refractivity contribution in [3.05, 3.63) is 71.0 Å². The molecule has 1 amide bonds. The van der Waals surface area contributed by atoms with E-state index in [0.717, 1.165) is 11.1 Å². The zero-order valence-electron chi connectivity index (χ0n) is 18.5. The summed E-state index contributed by atoms with van der Waals surface area (Å²) in [5.41, 5.74) is 1.28. The molecule has 1 saturated carbocycles. The molecule has 2 aromatic carbocycles. The zero-order chi connectivity index (χ0) is 23.5. The Morgan fingerprint density at radius 1 is 1.06 bits per heavy atom. The van der Waals surface area contributed by atoms with Gasteiger partial charge in [0.25, 0.3) is 0 Å². The number of carboxylic acids is 1. The minimum Gasteiger partial charge on any atom is -0.478 e. The van der Waals surface area contributed by atoms with Crippen LogP contribution in [0.2, 0.25) is 0 Å². The van der Waals surface area contributed by atoms with E-state index in [2.05, 4.69) is 0 Å². The number of amides is 1. The number of rotatable bonds is 8. The number of carbonyl (C=O) groups excluding carboxylic acids is 2. The van der Waals surface area contributed by atoms with Gasteiger partial charge in [-0.05, 0) is 69.0 Å². The molecule has 2 aromatic rings. The fourth-order valence-electron chi connectivity index (χ4n) is 3.60. The van der Waals surface area contributed by atoms with Crippen molar-refractivity contribution in [3.63, 3.8) is 0 Å². The van der Waals surface area contributed by atoms with Crippen LogP contribution in [0.3, 0.4) is 0 Å². The first-order chi connectivity index (χ1) is 15.0. The van der Waals surface area contributed by atoms with E-state index >= 15 is 0 Å². The molecule has 170 valence electrons. The van der Waals surface area contributed by atoms with Crippen LogP contribution in [-0.2, 0) is 16.0 Å². The van der Waals surface area contributed by atoms with Crippen LogP contribution >= 0.6 is 0 Å². The number of halogens is 1. The molecule has 1 fully saturated rings. The zero-order valence-corrected chi connectivity index (χ0v) is 18.5. The van der Waals surface area contributed by atoms with Gasteiger partial charge in [-0.3, -0.25) is 9.69 Å². The van der Waals surface area contributed by atoms with Gasteiger partial charge in [-0.2, -0.15) is 0 Å². The molecule has 1 N–H and O–H groups in total. The summed E-state index contributed by atoms with van der Waals surface area (Å²) < 4.78 is 18.8. The number of ether oxygens (including phenoxy) is 1. The quantitative estimate of drug-likeness (QED) is 0.635. The normalized spacial score (nSPS) is 17.5. The highest BCUT2D eigenvalue weighted by Crippen LogP contribution is 2.45. The minimum atomic E-state index is -0.999. The van der Waals surface area contributed by atoms with Crippen LogP contribution in [-0.4, -0.2) is 46.0 Å². The van der Waals surface area contributed by atoms with Gasteiger partial charge in [0.15, 0.2) is 5.78 Å². The number of aromatic carboxylic acids is 1. The van der Waals surface area contributed by atoms with E-state index in [0.29, 0.717) is 12.8 Å². The van der Waals surface area contributed by atoms with E-state index < -0.39 is 17.7 Å². The largest absolute Gasteiger partial charge is 0.478 e. The summed E-state index contributed by atoms with van der Waals surface area (Å²) in [6.45, 7) is 5.26. The first kappa shape index (κ1) is 23.4. The lowest BCUT2D eigenvalue weighted by Gasteiger charge is -2.27. The Morgan fingerprint density at radius 2 is 1.69 bits per heavy atom. The fourth-order valence-corrected chi connectivity index (χ4v) is 3.60. The highest BCUT2D eigenvalue weighted by molar-refractivity contribution is 5.87. The maximum absolute atomic E-state index is 13.2. The Morgan fingerprint density at radius 3 is 2.25 bits per heavy atom. The summed E-state index contributed by atoms with van der Waals surface area (Å²) in [6, 6.07) is 12.4. The number of hydrogen-bond donors (Lipinski definition) is 1. The molecule has 0 radical (unpaired) electrons. The monoisotopic (exact) mass is 441 g/mol.